The minimum atomic E-state index is 0.0350. The Morgan fingerprint density at radius 1 is 1.25 bits per heavy atom. The molecule has 0 saturated heterocycles. The molecule has 0 saturated carbocycles. The van der Waals surface area contributed by atoms with E-state index in [1.807, 2.05) is 0 Å². The van der Waals surface area contributed by atoms with Gasteiger partial charge in [-0.1, -0.05) is 0 Å². The number of hydrogen-bond donors (Lipinski definition) is 0. The molecule has 0 unspecified atom stereocenters. The van der Waals surface area contributed by atoms with Gasteiger partial charge in [0.2, 0.25) is 0 Å². The molecule has 0 amide bonds. The van der Waals surface area contributed by atoms with E-state index in [0.29, 0.717) is 6.04 Å². The Morgan fingerprint density at radius 2 is 1.67 bits per heavy atom. The van der Waals surface area contributed by atoms with Crippen LogP contribution in [0.4, 0.5) is 0 Å². The smallest absolute Gasteiger partial charge is 0.0963 e. The van der Waals surface area contributed by atoms with Gasteiger partial charge in [0, 0.05) is 13.1 Å². The molecule has 0 aliphatic carbocycles. The van der Waals surface area contributed by atoms with Gasteiger partial charge in [0.1, 0.15) is 0 Å². The van der Waals surface area contributed by atoms with Crippen molar-refractivity contribution in [1.82, 2.24) is 4.90 Å². The van der Waals surface area contributed by atoms with Crippen molar-refractivity contribution in [2.45, 2.75) is 53.1 Å². The lowest BCUT2D eigenvalue weighted by atomic mass is 10.1. The van der Waals surface area contributed by atoms with Gasteiger partial charge in [0.05, 0.1) is 11.4 Å². The second kappa shape index (κ2) is 3.92. The average molecular weight is 170 g/mol. The molecule has 0 atom stereocenters. The highest BCUT2D eigenvalue weighted by Crippen LogP contribution is 2.08. The normalized spacial score (nSPS) is 13.8. The Bertz CT molecular complexity index is 163. The summed E-state index contributed by atoms with van der Waals surface area (Å²) in [4.78, 5) is 6.76. The molecule has 72 valence electrons. The van der Waals surface area contributed by atoms with Crippen LogP contribution in [0.1, 0.15) is 41.5 Å². The van der Waals surface area contributed by atoms with Crippen LogP contribution in [-0.4, -0.2) is 29.4 Å². The van der Waals surface area contributed by atoms with Crippen LogP contribution in [0.5, 0.6) is 0 Å². The van der Waals surface area contributed by atoms with Gasteiger partial charge >= 0.3 is 0 Å². The molecule has 0 aliphatic heterocycles. The standard InChI is InChI=1S/C10H22N2/c1-8(2)12(7)9(3)11-10(4,5)6/h8H,1-7H3. The molecule has 12 heavy (non-hydrogen) atoms. The zero-order valence-corrected chi connectivity index (χ0v) is 9.47. The van der Waals surface area contributed by atoms with Crippen molar-refractivity contribution in [1.29, 1.82) is 0 Å². The summed E-state index contributed by atoms with van der Waals surface area (Å²) in [7, 11) is 2.08. The van der Waals surface area contributed by atoms with Crippen LogP contribution in [0.25, 0.3) is 0 Å². The van der Waals surface area contributed by atoms with E-state index in [4.69, 9.17) is 0 Å². The molecule has 0 spiro atoms. The first-order valence-electron chi connectivity index (χ1n) is 4.53. The molecule has 0 fully saturated rings. The Kier molecular flexibility index (Phi) is 3.75. The van der Waals surface area contributed by atoms with Crippen LogP contribution < -0.4 is 0 Å². The lowest BCUT2D eigenvalue weighted by Gasteiger charge is -2.25. The quantitative estimate of drug-likeness (QED) is 0.436. The second-order valence-electron chi connectivity index (χ2n) is 4.53. The van der Waals surface area contributed by atoms with Crippen molar-refractivity contribution in [2.24, 2.45) is 4.99 Å². The van der Waals surface area contributed by atoms with E-state index in [-0.39, 0.29) is 5.54 Å². The van der Waals surface area contributed by atoms with E-state index in [1.54, 1.807) is 0 Å². The number of nitrogens with zero attached hydrogens (tertiary/aromatic N) is 2. The predicted molar refractivity (Wildman–Crippen MR) is 55.8 cm³/mol. The van der Waals surface area contributed by atoms with Crippen LogP contribution in [0.15, 0.2) is 4.99 Å². The molecular weight excluding hydrogens is 148 g/mol. The summed E-state index contributed by atoms with van der Waals surface area (Å²) in [6.07, 6.45) is 0. The van der Waals surface area contributed by atoms with Gasteiger partial charge in [0.15, 0.2) is 0 Å². The van der Waals surface area contributed by atoms with Crippen LogP contribution in [-0.2, 0) is 0 Å². The summed E-state index contributed by atoms with van der Waals surface area (Å²) in [5.74, 6) is 1.11. The summed E-state index contributed by atoms with van der Waals surface area (Å²) in [5.41, 5.74) is 0.0350. The Hall–Kier alpha value is -0.530. The zero-order chi connectivity index (χ0) is 9.94. The highest BCUT2D eigenvalue weighted by atomic mass is 15.2. The number of aliphatic imine (C=N–C) groups is 1. The molecular formula is C10H22N2. The van der Waals surface area contributed by atoms with Crippen molar-refractivity contribution < 1.29 is 0 Å². The highest BCUT2D eigenvalue weighted by molar-refractivity contribution is 5.80. The third-order valence-corrected chi connectivity index (χ3v) is 1.78. The molecule has 0 heterocycles. The molecule has 0 aliphatic rings. The lowest BCUT2D eigenvalue weighted by molar-refractivity contribution is 0.406. The van der Waals surface area contributed by atoms with Crippen LogP contribution in [0.2, 0.25) is 0 Å². The molecule has 2 heteroatoms. The molecule has 0 aromatic heterocycles. The summed E-state index contributed by atoms with van der Waals surface area (Å²) in [6.45, 7) is 12.7. The zero-order valence-electron chi connectivity index (χ0n) is 9.47. The van der Waals surface area contributed by atoms with Gasteiger partial charge < -0.3 is 4.90 Å². The number of amidine groups is 1. The largest absolute Gasteiger partial charge is 0.361 e. The van der Waals surface area contributed by atoms with Crippen molar-refractivity contribution in [3.8, 4) is 0 Å². The van der Waals surface area contributed by atoms with Crippen molar-refractivity contribution in [2.75, 3.05) is 7.05 Å². The first kappa shape index (κ1) is 11.5. The fourth-order valence-corrected chi connectivity index (χ4v) is 0.938. The summed E-state index contributed by atoms with van der Waals surface area (Å²) in [5, 5.41) is 0. The van der Waals surface area contributed by atoms with Crippen molar-refractivity contribution in [3.05, 3.63) is 0 Å². The minimum absolute atomic E-state index is 0.0350. The maximum Gasteiger partial charge on any atom is 0.0963 e. The molecule has 0 bridgehead atoms. The fraction of sp³-hybridized carbons (Fsp3) is 0.900. The fourth-order valence-electron chi connectivity index (χ4n) is 0.938. The topological polar surface area (TPSA) is 15.6 Å². The maximum absolute atomic E-state index is 4.57. The lowest BCUT2D eigenvalue weighted by Crippen LogP contribution is -2.33. The van der Waals surface area contributed by atoms with Gasteiger partial charge in [0.25, 0.3) is 0 Å². The molecule has 0 N–H and O–H groups in total. The van der Waals surface area contributed by atoms with E-state index < -0.39 is 0 Å². The first-order valence-corrected chi connectivity index (χ1v) is 4.53. The third kappa shape index (κ3) is 4.37. The van der Waals surface area contributed by atoms with E-state index in [1.165, 1.54) is 0 Å². The average Bonchev–Trinajstić information content (AvgIpc) is 1.82. The number of rotatable bonds is 1. The van der Waals surface area contributed by atoms with Gasteiger partial charge in [-0.3, -0.25) is 4.99 Å². The number of hydrogen-bond acceptors (Lipinski definition) is 1. The van der Waals surface area contributed by atoms with E-state index in [2.05, 4.69) is 58.5 Å². The molecule has 0 rings (SSSR count). The predicted octanol–water partition coefficient (Wildman–Crippen LogP) is 2.54. The molecule has 2 nitrogen and oxygen atoms in total. The highest BCUT2D eigenvalue weighted by Gasteiger charge is 2.11. The van der Waals surface area contributed by atoms with Gasteiger partial charge in [-0.15, -0.1) is 0 Å². The van der Waals surface area contributed by atoms with Crippen molar-refractivity contribution in [3.63, 3.8) is 0 Å². The molecule has 0 aromatic rings. The van der Waals surface area contributed by atoms with Gasteiger partial charge in [-0.2, -0.15) is 0 Å². The Morgan fingerprint density at radius 3 is 1.92 bits per heavy atom. The van der Waals surface area contributed by atoms with Crippen LogP contribution >= 0.6 is 0 Å². The maximum atomic E-state index is 4.57. The minimum Gasteiger partial charge on any atom is -0.361 e. The van der Waals surface area contributed by atoms with E-state index in [0.717, 1.165) is 5.84 Å². The molecule has 0 radical (unpaired) electrons. The van der Waals surface area contributed by atoms with Crippen LogP contribution in [0.3, 0.4) is 0 Å². The summed E-state index contributed by atoms with van der Waals surface area (Å²) < 4.78 is 0. The van der Waals surface area contributed by atoms with E-state index >= 15 is 0 Å². The Balaban J connectivity index is 4.38. The van der Waals surface area contributed by atoms with Gasteiger partial charge in [-0.25, -0.2) is 0 Å². The summed E-state index contributed by atoms with van der Waals surface area (Å²) in [6, 6.07) is 0.524. The third-order valence-electron chi connectivity index (χ3n) is 1.78. The SMILES string of the molecule is CC(=NC(C)(C)C)N(C)C(C)C. The first-order chi connectivity index (χ1) is 5.24. The van der Waals surface area contributed by atoms with Crippen LogP contribution in [0, 0.1) is 0 Å². The molecule has 0 aromatic carbocycles. The monoisotopic (exact) mass is 170 g/mol. The van der Waals surface area contributed by atoms with E-state index in [9.17, 15) is 0 Å². The van der Waals surface area contributed by atoms with Gasteiger partial charge in [-0.05, 0) is 41.5 Å². The van der Waals surface area contributed by atoms with Crippen molar-refractivity contribution >= 4 is 5.84 Å². The Labute approximate surface area is 76.7 Å². The summed E-state index contributed by atoms with van der Waals surface area (Å²) >= 11 is 0. The second-order valence-corrected chi connectivity index (χ2v) is 4.53.